The van der Waals surface area contributed by atoms with E-state index in [1.54, 1.807) is 0 Å². The van der Waals surface area contributed by atoms with Crippen LogP contribution in [0.25, 0.3) is 44.5 Å². The summed E-state index contributed by atoms with van der Waals surface area (Å²) in [5.41, 5.74) is 18.0. The van der Waals surface area contributed by atoms with Crippen molar-refractivity contribution in [2.45, 2.75) is 10.8 Å². The average molecular weight is 789 g/mol. The van der Waals surface area contributed by atoms with Crippen LogP contribution in [0.4, 0.5) is 0 Å². The van der Waals surface area contributed by atoms with Gasteiger partial charge in [-0.1, -0.05) is 243 Å². The topological polar surface area (TPSA) is 0 Å². The maximum Gasteiger partial charge on any atom is 0.0708 e. The number of benzene rings is 10. The standard InChI is InChI=1S/C62H44/c1-9-25-45(26-10-1)53-41-57-58(42-54(53)46-27-11-2-12-28-46)62(51-37-21-7-22-38-51,52-39-23-8-24-40-52)60-44-56(48-31-15-4-16-32-48)55(47-29-13-3-14-30-47)43-59(60)61(57,49-33-17-5-18-34-49)50-35-19-6-20-36-50/h1-44H. The van der Waals surface area contributed by atoms with Crippen molar-refractivity contribution >= 4 is 0 Å². The average Bonchev–Trinajstić information content (AvgIpc) is 3.37. The fraction of sp³-hybridized carbons (Fsp3) is 0.0323. The van der Waals surface area contributed by atoms with E-state index in [0.29, 0.717) is 0 Å². The first-order valence-electron chi connectivity index (χ1n) is 21.6. The third kappa shape index (κ3) is 5.91. The maximum absolute atomic E-state index is 2.56. The van der Waals surface area contributed by atoms with Gasteiger partial charge >= 0.3 is 0 Å². The van der Waals surface area contributed by atoms with Crippen LogP contribution in [-0.2, 0) is 10.8 Å². The molecule has 0 nitrogen and oxygen atoms in total. The lowest BCUT2D eigenvalue weighted by Gasteiger charge is -2.51. The summed E-state index contributed by atoms with van der Waals surface area (Å²) in [6.07, 6.45) is 0. The van der Waals surface area contributed by atoms with Crippen molar-refractivity contribution in [3.8, 4) is 44.5 Å². The van der Waals surface area contributed by atoms with Crippen molar-refractivity contribution < 1.29 is 0 Å². The second-order valence-electron chi connectivity index (χ2n) is 16.3. The molecule has 0 aliphatic heterocycles. The summed E-state index contributed by atoms with van der Waals surface area (Å²) >= 11 is 0. The Labute approximate surface area is 365 Å². The highest BCUT2D eigenvalue weighted by atomic mass is 14.6. The van der Waals surface area contributed by atoms with E-state index in [9.17, 15) is 0 Å². The van der Waals surface area contributed by atoms with Crippen LogP contribution in [0, 0.1) is 0 Å². The number of rotatable bonds is 8. The summed E-state index contributed by atoms with van der Waals surface area (Å²) in [6.45, 7) is 0. The molecule has 0 radical (unpaired) electrons. The number of fused-ring (bicyclic) bond motifs is 2. The molecule has 0 heteroatoms. The lowest BCUT2D eigenvalue weighted by atomic mass is 9.49. The minimum absolute atomic E-state index is 0.738. The van der Waals surface area contributed by atoms with Crippen molar-refractivity contribution in [3.05, 3.63) is 311 Å². The van der Waals surface area contributed by atoms with Gasteiger partial charge in [-0.2, -0.15) is 0 Å². The lowest BCUT2D eigenvalue weighted by molar-refractivity contribution is 0.616. The fourth-order valence-corrected chi connectivity index (χ4v) is 10.5. The van der Waals surface area contributed by atoms with Gasteiger partial charge in [0.25, 0.3) is 0 Å². The molecule has 0 aromatic heterocycles. The zero-order valence-electron chi connectivity index (χ0n) is 34.4. The minimum Gasteiger partial charge on any atom is -0.0622 e. The highest BCUT2D eigenvalue weighted by Gasteiger charge is 2.54. The molecule has 0 fully saturated rings. The van der Waals surface area contributed by atoms with E-state index in [0.717, 1.165) is 0 Å². The summed E-state index contributed by atoms with van der Waals surface area (Å²) < 4.78 is 0. The zero-order valence-corrected chi connectivity index (χ0v) is 34.4. The van der Waals surface area contributed by atoms with Gasteiger partial charge < -0.3 is 0 Å². The molecule has 0 saturated carbocycles. The molecule has 292 valence electrons. The quantitative estimate of drug-likeness (QED) is 0.144. The molecule has 10 aromatic carbocycles. The van der Waals surface area contributed by atoms with E-state index in [2.05, 4.69) is 267 Å². The van der Waals surface area contributed by atoms with Crippen LogP contribution in [0.2, 0.25) is 0 Å². The second kappa shape index (κ2) is 15.7. The maximum atomic E-state index is 2.56. The monoisotopic (exact) mass is 788 g/mol. The van der Waals surface area contributed by atoms with Gasteiger partial charge in [-0.25, -0.2) is 0 Å². The molecule has 1 aliphatic rings. The first-order valence-corrected chi connectivity index (χ1v) is 21.6. The highest BCUT2D eigenvalue weighted by molar-refractivity contribution is 5.92. The lowest BCUT2D eigenvalue weighted by Crippen LogP contribution is -2.45. The number of hydrogen-bond donors (Lipinski definition) is 0. The van der Waals surface area contributed by atoms with Crippen LogP contribution in [0.3, 0.4) is 0 Å². The molecule has 0 amide bonds. The summed E-state index contributed by atoms with van der Waals surface area (Å²) in [5, 5.41) is 0. The predicted octanol–water partition coefficient (Wildman–Crippen LogP) is 15.4. The van der Waals surface area contributed by atoms with Crippen LogP contribution < -0.4 is 0 Å². The van der Waals surface area contributed by atoms with E-state index in [-0.39, 0.29) is 0 Å². The Hall–Kier alpha value is -7.80. The molecular weight excluding hydrogens is 745 g/mol. The normalized spacial score (nSPS) is 13.4. The summed E-state index contributed by atoms with van der Waals surface area (Å²) in [6, 6.07) is 99.1. The molecular formula is C62H44. The van der Waals surface area contributed by atoms with Gasteiger partial charge in [0.1, 0.15) is 0 Å². The van der Waals surface area contributed by atoms with Gasteiger partial charge in [-0.15, -0.1) is 0 Å². The molecule has 0 unspecified atom stereocenters. The molecule has 11 rings (SSSR count). The van der Waals surface area contributed by atoms with Gasteiger partial charge in [0.15, 0.2) is 0 Å². The van der Waals surface area contributed by atoms with Crippen LogP contribution >= 0.6 is 0 Å². The zero-order chi connectivity index (χ0) is 41.4. The van der Waals surface area contributed by atoms with Crippen molar-refractivity contribution in [1.82, 2.24) is 0 Å². The van der Waals surface area contributed by atoms with Gasteiger partial charge in [0.05, 0.1) is 10.8 Å². The van der Waals surface area contributed by atoms with Crippen LogP contribution in [0.1, 0.15) is 44.5 Å². The Kier molecular flexibility index (Phi) is 9.40. The Morgan fingerprint density at radius 1 is 0.177 bits per heavy atom. The smallest absolute Gasteiger partial charge is 0.0622 e. The first-order chi connectivity index (χ1) is 30.8. The highest BCUT2D eigenvalue weighted by Crippen LogP contribution is 2.62. The molecule has 0 saturated heterocycles. The largest absolute Gasteiger partial charge is 0.0708 e. The predicted molar refractivity (Wildman–Crippen MR) is 258 cm³/mol. The molecule has 0 spiro atoms. The molecule has 0 bridgehead atoms. The minimum atomic E-state index is -0.738. The van der Waals surface area contributed by atoms with Crippen LogP contribution in [-0.4, -0.2) is 0 Å². The molecule has 0 heterocycles. The van der Waals surface area contributed by atoms with E-state index in [1.807, 2.05) is 0 Å². The summed E-state index contributed by atoms with van der Waals surface area (Å²) in [4.78, 5) is 0. The van der Waals surface area contributed by atoms with E-state index >= 15 is 0 Å². The molecule has 0 atom stereocenters. The van der Waals surface area contributed by atoms with Gasteiger partial charge in [-0.3, -0.25) is 0 Å². The Morgan fingerprint density at radius 3 is 0.516 bits per heavy atom. The number of hydrogen-bond acceptors (Lipinski definition) is 0. The second-order valence-corrected chi connectivity index (χ2v) is 16.3. The molecule has 1 aliphatic carbocycles. The summed E-state index contributed by atoms with van der Waals surface area (Å²) in [7, 11) is 0. The van der Waals surface area contributed by atoms with Crippen molar-refractivity contribution in [3.63, 3.8) is 0 Å². The molecule has 0 N–H and O–H groups in total. The van der Waals surface area contributed by atoms with Gasteiger partial charge in [0.2, 0.25) is 0 Å². The molecule has 10 aromatic rings. The van der Waals surface area contributed by atoms with E-state index in [4.69, 9.17) is 0 Å². The van der Waals surface area contributed by atoms with Crippen molar-refractivity contribution in [1.29, 1.82) is 0 Å². The van der Waals surface area contributed by atoms with Crippen LogP contribution in [0.5, 0.6) is 0 Å². The van der Waals surface area contributed by atoms with E-state index < -0.39 is 10.8 Å². The molecule has 62 heavy (non-hydrogen) atoms. The SMILES string of the molecule is c1ccc(-c2cc3c(cc2-c2ccccc2)C(c2ccccc2)(c2ccccc2)c2cc(-c4ccccc4)c(-c4ccccc4)cc2C3(c2ccccc2)c2ccccc2)cc1. The fourth-order valence-electron chi connectivity index (χ4n) is 10.5. The third-order valence-electron chi connectivity index (χ3n) is 13.1. The van der Waals surface area contributed by atoms with Gasteiger partial charge in [0, 0.05) is 0 Å². The van der Waals surface area contributed by atoms with Gasteiger partial charge in [-0.05, 0) is 113 Å². The Bertz CT molecular complexity index is 2670. The Balaban J connectivity index is 1.44. The van der Waals surface area contributed by atoms with Crippen molar-refractivity contribution in [2.75, 3.05) is 0 Å². The van der Waals surface area contributed by atoms with Crippen LogP contribution in [0.15, 0.2) is 267 Å². The van der Waals surface area contributed by atoms with Crippen molar-refractivity contribution in [2.24, 2.45) is 0 Å². The summed E-state index contributed by atoms with van der Waals surface area (Å²) in [5.74, 6) is 0. The first kappa shape index (κ1) is 37.2. The Morgan fingerprint density at radius 2 is 0.339 bits per heavy atom. The van der Waals surface area contributed by atoms with E-state index in [1.165, 1.54) is 89.0 Å². The third-order valence-corrected chi connectivity index (χ3v) is 13.1.